The zero-order chi connectivity index (χ0) is 62.4. The van der Waals surface area contributed by atoms with Gasteiger partial charge >= 0.3 is 6.03 Å². The van der Waals surface area contributed by atoms with Gasteiger partial charge in [0.05, 0.1) is 60.2 Å². The summed E-state index contributed by atoms with van der Waals surface area (Å²) >= 11 is 6.53. The number of anilines is 4. The minimum absolute atomic E-state index is 0.0260. The van der Waals surface area contributed by atoms with Crippen LogP contribution in [0.15, 0.2) is 93.8 Å². The molecule has 5 N–H and O–H groups in total. The Morgan fingerprint density at radius 2 is 1.59 bits per heavy atom. The van der Waals surface area contributed by atoms with Crippen LogP contribution in [0.3, 0.4) is 0 Å². The summed E-state index contributed by atoms with van der Waals surface area (Å²) in [6, 6.07) is 10.5. The van der Waals surface area contributed by atoms with Crippen LogP contribution >= 0.6 is 11.6 Å². The number of aromatic nitrogens is 2. The van der Waals surface area contributed by atoms with E-state index in [9.17, 15) is 27.9 Å². The highest BCUT2D eigenvalue weighted by molar-refractivity contribution is 7.92. The summed E-state index contributed by atoms with van der Waals surface area (Å²) in [4.78, 5) is 50.7. The number of fused-ring (bicyclic) bond motifs is 5. The number of amides is 3. The first-order valence-corrected chi connectivity index (χ1v) is 32.9. The van der Waals surface area contributed by atoms with E-state index in [4.69, 9.17) is 30.5 Å². The molecule has 3 amide bonds. The molecular formula is C67H94ClN7O10S. The van der Waals surface area contributed by atoms with Gasteiger partial charge in [-0.3, -0.25) is 9.59 Å². The predicted molar refractivity (Wildman–Crippen MR) is 339 cm³/mol. The van der Waals surface area contributed by atoms with Crippen molar-refractivity contribution in [3.05, 3.63) is 105 Å². The van der Waals surface area contributed by atoms with Crippen molar-refractivity contribution in [2.75, 3.05) is 70.0 Å². The van der Waals surface area contributed by atoms with E-state index < -0.39 is 20.5 Å². The van der Waals surface area contributed by atoms with Crippen LogP contribution in [-0.4, -0.2) is 117 Å². The lowest BCUT2D eigenvalue weighted by Gasteiger charge is -2.64. The molecule has 3 aromatic rings. The zero-order valence-electron chi connectivity index (χ0n) is 52.9. The topological polar surface area (TPSA) is 220 Å². The number of carbonyl (C=O) groups excluding carboxylic acids is 3. The molecule has 4 aliphatic carbocycles. The van der Waals surface area contributed by atoms with E-state index in [2.05, 4.69) is 97.9 Å². The van der Waals surface area contributed by atoms with Gasteiger partial charge in [0.2, 0.25) is 17.6 Å². The molecule has 5 atom stereocenters. The van der Waals surface area contributed by atoms with E-state index in [1.54, 1.807) is 44.2 Å². The number of halogens is 1. The lowest BCUT2D eigenvalue weighted by molar-refractivity contribution is -0.131. The molecular weight excluding hydrogens is 1130 g/mol. The molecule has 86 heavy (non-hydrogen) atoms. The highest BCUT2D eigenvalue weighted by Gasteiger charge is 2.61. The van der Waals surface area contributed by atoms with Gasteiger partial charge in [0.15, 0.2) is 21.4 Å². The Hall–Kier alpha value is -5.79. The highest BCUT2D eigenvalue weighted by Crippen LogP contribution is 2.71. The number of hydrogen-bond donors (Lipinski definition) is 5. The Kier molecular flexibility index (Phi) is 21.0. The third kappa shape index (κ3) is 14.4. The molecule has 5 aliphatic rings. The summed E-state index contributed by atoms with van der Waals surface area (Å²) in [5.74, 6) is 0.984. The number of sulfone groups is 1. The van der Waals surface area contributed by atoms with Gasteiger partial charge in [-0.05, 0) is 187 Å². The first-order valence-electron chi connectivity index (χ1n) is 31.0. The Labute approximate surface area is 515 Å². The fraction of sp³-hybridized carbons (Fsp3) is 0.597. The lowest BCUT2D eigenvalue weighted by atomic mass is 9.39. The van der Waals surface area contributed by atoms with Crippen LogP contribution in [0.4, 0.5) is 27.9 Å². The van der Waals surface area contributed by atoms with Crippen LogP contribution in [0.2, 0.25) is 5.02 Å². The molecule has 8 rings (SSSR count). The van der Waals surface area contributed by atoms with Crippen molar-refractivity contribution >= 4 is 62.3 Å². The number of urea groups is 1. The Balaban J connectivity index is 0.693. The van der Waals surface area contributed by atoms with E-state index in [-0.39, 0.29) is 85.6 Å². The van der Waals surface area contributed by atoms with Gasteiger partial charge in [0.1, 0.15) is 17.5 Å². The summed E-state index contributed by atoms with van der Waals surface area (Å²) < 4.78 is 49.8. The Morgan fingerprint density at radius 3 is 2.29 bits per heavy atom. The third-order valence-corrected chi connectivity index (χ3v) is 22.2. The Morgan fingerprint density at radius 1 is 0.895 bits per heavy atom. The molecule has 470 valence electrons. The second-order valence-electron chi connectivity index (χ2n) is 26.4. The van der Waals surface area contributed by atoms with Crippen LogP contribution in [-0.2, 0) is 33.6 Å². The number of ether oxygens (including phenoxy) is 4. The lowest BCUT2D eigenvalue weighted by Crippen LogP contribution is -2.55. The molecule has 0 bridgehead atoms. The number of aliphatic hydroxyl groups excluding tert-OH is 1. The minimum Gasteiger partial charge on any atom is -0.504 e. The van der Waals surface area contributed by atoms with Gasteiger partial charge in [-0.15, -0.1) is 0 Å². The van der Waals surface area contributed by atoms with E-state index in [0.29, 0.717) is 81.8 Å². The largest absolute Gasteiger partial charge is 0.504 e. The average molecular weight is 1230 g/mol. The fourth-order valence-corrected chi connectivity index (χ4v) is 15.2. The SMILES string of the molecule is CC[C@@](C)(CC[C@]1(C)CC[C@]2(C)C3=CC=C4C(=CC(=O)C(O)=C4C)[C@]3(C)CC[C@@]2(C)C1)C(=O)NCCCOCCOCCOCNC(=O)N1CCC(c2cc(OC(C)C)c(Nc3ncc(Cl)c(Nc4ccccc4S(=O)(=O)C(C)C)n3)cc2C)CC1. The number of ketones is 1. The summed E-state index contributed by atoms with van der Waals surface area (Å²) in [6.07, 6.45) is 17.5. The van der Waals surface area contributed by atoms with Crippen molar-refractivity contribution in [3.8, 4) is 5.75 Å². The maximum atomic E-state index is 13.7. The quantitative estimate of drug-likeness (QED) is 0.0373. The zero-order valence-corrected chi connectivity index (χ0v) is 54.5. The molecule has 1 aromatic heterocycles. The van der Waals surface area contributed by atoms with Crippen LogP contribution in [0, 0.1) is 34.0 Å². The number of piperidine rings is 1. The molecule has 2 saturated carbocycles. The van der Waals surface area contributed by atoms with Gasteiger partial charge in [0.25, 0.3) is 0 Å². The number of likely N-dealkylation sites (tertiary alicyclic amines) is 1. The van der Waals surface area contributed by atoms with Gasteiger partial charge < -0.3 is 50.2 Å². The van der Waals surface area contributed by atoms with Crippen molar-refractivity contribution in [2.24, 2.45) is 27.1 Å². The number of rotatable bonds is 26. The van der Waals surface area contributed by atoms with Crippen LogP contribution in [0.25, 0.3) is 0 Å². The maximum absolute atomic E-state index is 13.7. The molecule has 3 fully saturated rings. The second kappa shape index (κ2) is 27.3. The minimum atomic E-state index is -3.60. The molecule has 19 heteroatoms. The van der Waals surface area contributed by atoms with Crippen LogP contribution in [0.1, 0.15) is 164 Å². The molecule has 2 aromatic carbocycles. The normalized spacial score (nSPS) is 24.0. The average Bonchev–Trinajstić information content (AvgIpc) is 0.708. The first kappa shape index (κ1) is 66.2. The van der Waals surface area contributed by atoms with Crippen molar-refractivity contribution in [2.45, 2.75) is 176 Å². The van der Waals surface area contributed by atoms with Crippen LogP contribution in [0.5, 0.6) is 5.75 Å². The van der Waals surface area contributed by atoms with Gasteiger partial charge in [-0.2, -0.15) is 4.98 Å². The van der Waals surface area contributed by atoms with Crippen LogP contribution < -0.4 is 26.0 Å². The summed E-state index contributed by atoms with van der Waals surface area (Å²) in [7, 11) is -3.60. The van der Waals surface area contributed by atoms with Crippen molar-refractivity contribution in [3.63, 3.8) is 0 Å². The number of carbonyl (C=O) groups is 3. The molecule has 0 spiro atoms. The van der Waals surface area contributed by atoms with E-state index >= 15 is 0 Å². The number of hydrogen-bond acceptors (Lipinski definition) is 14. The smallest absolute Gasteiger partial charge is 0.319 e. The number of aliphatic hydroxyl groups is 1. The monoisotopic (exact) mass is 1220 g/mol. The number of benzene rings is 2. The summed E-state index contributed by atoms with van der Waals surface area (Å²) in [6.45, 7) is 28.8. The number of nitrogens with zero attached hydrogens (tertiary/aromatic N) is 3. The van der Waals surface area contributed by atoms with Crippen molar-refractivity contribution in [1.29, 1.82) is 0 Å². The number of allylic oxidation sites excluding steroid dienone is 7. The number of para-hydroxylation sites is 1. The molecule has 0 unspecified atom stereocenters. The fourth-order valence-electron chi connectivity index (χ4n) is 13.8. The number of nitrogens with one attached hydrogen (secondary N) is 4. The van der Waals surface area contributed by atoms with Gasteiger partial charge in [-0.25, -0.2) is 18.2 Å². The molecule has 2 heterocycles. The standard InChI is InChI=1S/C67H94ClN7O10S/c1-13-64(9,25-23-63(8)24-28-67(12)57-20-19-48-46(7)58(77)54(76)39-50(48)66(57,11)27-26-65(67,10)41-63)60(78)69-29-16-32-82-33-34-83-35-36-84-42-71-62(79)75-30-21-47(22-31-75)49-38-55(85-43(2)3)53(37-45(49)6)73-61-70-40-51(68)59(74-61)72-52-17-14-15-18-56(52)86(80,81)44(4)5/h14-15,17-20,37-40,43-44,47,77H,13,16,21-36,41-42H2,1-12H3,(H,69,78)(H,71,79)(H2,70,72,73,74)/t63-,64+,65+,66+,67-/m1/s1. The number of aryl methyl sites for hydroxylation is 1. The van der Waals surface area contributed by atoms with Gasteiger partial charge in [-0.1, -0.05) is 83.0 Å². The van der Waals surface area contributed by atoms with Crippen molar-refractivity contribution in [1.82, 2.24) is 25.5 Å². The molecule has 0 radical (unpaired) electrons. The Bertz CT molecular complexity index is 3240. The molecule has 1 aliphatic heterocycles. The predicted octanol–water partition coefficient (Wildman–Crippen LogP) is 13.7. The maximum Gasteiger partial charge on any atom is 0.319 e. The first-order chi connectivity index (χ1) is 40.7. The molecule has 17 nitrogen and oxygen atoms in total. The third-order valence-electron chi connectivity index (χ3n) is 19.8. The van der Waals surface area contributed by atoms with Gasteiger partial charge in [0, 0.05) is 42.6 Å². The second-order valence-corrected chi connectivity index (χ2v) is 29.3. The highest BCUT2D eigenvalue weighted by atomic mass is 35.5. The molecule has 1 saturated heterocycles. The van der Waals surface area contributed by atoms with E-state index in [0.717, 1.165) is 86.5 Å². The summed E-state index contributed by atoms with van der Waals surface area (Å²) in [5.41, 5.74) is 6.81. The van der Waals surface area contributed by atoms with E-state index in [1.807, 2.05) is 31.7 Å². The summed E-state index contributed by atoms with van der Waals surface area (Å²) in [5, 5.41) is 22.6. The van der Waals surface area contributed by atoms with E-state index in [1.165, 1.54) is 11.8 Å². The van der Waals surface area contributed by atoms with Crippen molar-refractivity contribution < 1.29 is 46.9 Å².